The Morgan fingerprint density at radius 1 is 1.28 bits per heavy atom. The van der Waals surface area contributed by atoms with Gasteiger partial charge in [-0.25, -0.2) is 14.8 Å². The summed E-state index contributed by atoms with van der Waals surface area (Å²) in [6, 6.07) is 7.77. The van der Waals surface area contributed by atoms with Crippen molar-refractivity contribution in [2.75, 3.05) is 36.5 Å². The summed E-state index contributed by atoms with van der Waals surface area (Å²) in [5, 5.41) is 5.95. The lowest BCUT2D eigenvalue weighted by molar-refractivity contribution is 0.0984. The number of carbonyl (C=O) groups excluding carboxylic acids is 1. The Morgan fingerprint density at radius 2 is 2.07 bits per heavy atom. The Bertz CT molecular complexity index is 889. The number of benzene rings is 1. The fraction of sp³-hybridized carbons (Fsp3) is 0.476. The Kier molecular flexibility index (Phi) is 5.91. The van der Waals surface area contributed by atoms with E-state index >= 15 is 0 Å². The maximum absolute atomic E-state index is 11.7. The summed E-state index contributed by atoms with van der Waals surface area (Å²) in [4.78, 5) is 24.0. The summed E-state index contributed by atoms with van der Waals surface area (Å²) in [6.45, 7) is 9.18. The number of fused-ring (bicyclic) bond motifs is 1. The van der Waals surface area contributed by atoms with Crippen LogP contribution in [0.2, 0.25) is 0 Å². The normalized spacial score (nSPS) is 21.0. The highest BCUT2D eigenvalue weighted by Crippen LogP contribution is 2.45. The fourth-order valence-electron chi connectivity index (χ4n) is 3.74. The molecule has 2 aliphatic rings. The number of urea groups is 1. The molecule has 1 saturated heterocycles. The smallest absolute Gasteiger partial charge is 0.319 e. The van der Waals surface area contributed by atoms with Gasteiger partial charge in [0.05, 0.1) is 24.9 Å². The lowest BCUT2D eigenvalue weighted by atomic mass is 10.1. The van der Waals surface area contributed by atoms with E-state index in [9.17, 15) is 4.79 Å². The number of carbonyl (C=O) groups is 1. The summed E-state index contributed by atoms with van der Waals surface area (Å²) in [6.07, 6.45) is 0. The zero-order valence-corrected chi connectivity index (χ0v) is 17.9. The molecule has 0 spiro atoms. The molecule has 4 rings (SSSR count). The molecule has 1 fully saturated rings. The number of nitrogens with one attached hydrogen (secondary N) is 2. The number of morpholine rings is 1. The monoisotopic (exact) mass is 413 g/mol. The van der Waals surface area contributed by atoms with Gasteiger partial charge in [0.15, 0.2) is 5.82 Å². The van der Waals surface area contributed by atoms with Crippen molar-refractivity contribution in [3.63, 3.8) is 0 Å². The minimum Gasteiger partial charge on any atom is -0.377 e. The van der Waals surface area contributed by atoms with Gasteiger partial charge in [-0.05, 0) is 45.0 Å². The summed E-state index contributed by atoms with van der Waals surface area (Å²) in [7, 11) is 0. The third-order valence-electron chi connectivity index (χ3n) is 5.26. The van der Waals surface area contributed by atoms with Crippen LogP contribution in [0.15, 0.2) is 24.3 Å². The maximum Gasteiger partial charge on any atom is 0.319 e. The predicted molar refractivity (Wildman–Crippen MR) is 118 cm³/mol. The topological polar surface area (TPSA) is 79.4 Å². The second-order valence-corrected chi connectivity index (χ2v) is 8.69. The Morgan fingerprint density at radius 3 is 2.79 bits per heavy atom. The van der Waals surface area contributed by atoms with Crippen LogP contribution in [0.4, 0.5) is 16.3 Å². The van der Waals surface area contributed by atoms with Crippen LogP contribution in [0.25, 0.3) is 11.4 Å². The molecular formula is C21H27N5O2S. The first kappa shape index (κ1) is 20.0. The standard InChI is InChI=1S/C21H27N5O2S/c1-4-22-21(27)23-16-7-5-15(6-8-16)19-24-17-12-29-14(3)18(17)20(25-19)26-9-10-28-11-13(26)2/h5-8,13-14H,4,9-12H2,1-3H3,(H2,22,23,27). The van der Waals surface area contributed by atoms with Gasteiger partial charge in [0.25, 0.3) is 0 Å². The van der Waals surface area contributed by atoms with E-state index in [1.165, 1.54) is 5.56 Å². The average molecular weight is 414 g/mol. The summed E-state index contributed by atoms with van der Waals surface area (Å²) >= 11 is 1.91. The van der Waals surface area contributed by atoms with E-state index in [4.69, 9.17) is 14.7 Å². The number of anilines is 2. The van der Waals surface area contributed by atoms with Crippen LogP contribution in [-0.4, -0.2) is 48.3 Å². The van der Waals surface area contributed by atoms with E-state index < -0.39 is 0 Å². The van der Waals surface area contributed by atoms with E-state index in [1.54, 1.807) is 0 Å². The van der Waals surface area contributed by atoms with E-state index in [0.29, 0.717) is 11.8 Å². The highest BCUT2D eigenvalue weighted by Gasteiger charge is 2.31. The molecule has 0 bridgehead atoms. The number of amides is 2. The molecule has 0 saturated carbocycles. The summed E-state index contributed by atoms with van der Waals surface area (Å²) in [5.74, 6) is 2.69. The van der Waals surface area contributed by atoms with Gasteiger partial charge >= 0.3 is 6.03 Å². The first-order valence-electron chi connectivity index (χ1n) is 10.1. The highest BCUT2D eigenvalue weighted by molar-refractivity contribution is 7.99. The Labute approximate surface area is 175 Å². The van der Waals surface area contributed by atoms with Crippen molar-refractivity contribution in [2.45, 2.75) is 37.8 Å². The first-order chi connectivity index (χ1) is 14.1. The molecule has 154 valence electrons. The van der Waals surface area contributed by atoms with E-state index in [2.05, 4.69) is 29.4 Å². The van der Waals surface area contributed by atoms with Crippen molar-refractivity contribution in [3.05, 3.63) is 35.5 Å². The largest absolute Gasteiger partial charge is 0.377 e. The lowest BCUT2D eigenvalue weighted by Gasteiger charge is -2.36. The molecule has 1 aromatic carbocycles. The van der Waals surface area contributed by atoms with Crippen molar-refractivity contribution >= 4 is 29.3 Å². The number of hydrogen-bond donors (Lipinski definition) is 2. The highest BCUT2D eigenvalue weighted by atomic mass is 32.2. The SMILES string of the molecule is CCNC(=O)Nc1ccc(-c2nc3c(c(N4CCOCC4C)n2)C(C)SC3)cc1. The van der Waals surface area contributed by atoms with E-state index in [0.717, 1.165) is 54.1 Å². The van der Waals surface area contributed by atoms with Crippen LogP contribution >= 0.6 is 11.8 Å². The molecule has 0 aliphatic carbocycles. The summed E-state index contributed by atoms with van der Waals surface area (Å²) in [5.41, 5.74) is 4.08. The van der Waals surface area contributed by atoms with Crippen LogP contribution in [0.3, 0.4) is 0 Å². The first-order valence-corrected chi connectivity index (χ1v) is 11.1. The van der Waals surface area contributed by atoms with Crippen molar-refractivity contribution in [3.8, 4) is 11.4 Å². The molecule has 2 aliphatic heterocycles. The van der Waals surface area contributed by atoms with Crippen molar-refractivity contribution in [1.82, 2.24) is 15.3 Å². The van der Waals surface area contributed by atoms with Crippen molar-refractivity contribution < 1.29 is 9.53 Å². The predicted octanol–water partition coefficient (Wildman–Crippen LogP) is 3.82. The molecule has 2 amide bonds. The summed E-state index contributed by atoms with van der Waals surface area (Å²) < 4.78 is 5.63. The van der Waals surface area contributed by atoms with Gasteiger partial charge in [-0.1, -0.05) is 0 Å². The molecule has 8 heteroatoms. The van der Waals surface area contributed by atoms with Crippen molar-refractivity contribution in [1.29, 1.82) is 0 Å². The molecule has 2 unspecified atom stereocenters. The molecule has 7 nitrogen and oxygen atoms in total. The molecule has 2 aromatic rings. The average Bonchev–Trinajstić information content (AvgIpc) is 3.09. The van der Waals surface area contributed by atoms with Gasteiger partial charge in [0, 0.05) is 40.9 Å². The van der Waals surface area contributed by atoms with Crippen LogP contribution < -0.4 is 15.5 Å². The van der Waals surface area contributed by atoms with E-state index in [-0.39, 0.29) is 12.1 Å². The second kappa shape index (κ2) is 8.59. The lowest BCUT2D eigenvalue weighted by Crippen LogP contribution is -2.44. The number of rotatable bonds is 4. The van der Waals surface area contributed by atoms with Gasteiger partial charge in [-0.15, -0.1) is 11.8 Å². The Hall–Kier alpha value is -2.32. The van der Waals surface area contributed by atoms with Crippen LogP contribution in [0, 0.1) is 0 Å². The Balaban J connectivity index is 1.66. The molecular weight excluding hydrogens is 386 g/mol. The van der Waals surface area contributed by atoms with E-state index in [1.807, 2.05) is 43.0 Å². The van der Waals surface area contributed by atoms with Gasteiger partial charge < -0.3 is 20.3 Å². The van der Waals surface area contributed by atoms with Crippen LogP contribution in [0.5, 0.6) is 0 Å². The fourth-order valence-corrected chi connectivity index (χ4v) is 4.78. The molecule has 2 atom stereocenters. The van der Waals surface area contributed by atoms with Gasteiger partial charge in [0.1, 0.15) is 5.82 Å². The van der Waals surface area contributed by atoms with Crippen molar-refractivity contribution in [2.24, 2.45) is 0 Å². The maximum atomic E-state index is 11.7. The number of ether oxygens (including phenoxy) is 1. The molecule has 3 heterocycles. The van der Waals surface area contributed by atoms with Crippen LogP contribution in [0.1, 0.15) is 37.3 Å². The third-order valence-corrected chi connectivity index (χ3v) is 6.43. The molecule has 0 radical (unpaired) electrons. The van der Waals surface area contributed by atoms with Crippen LogP contribution in [-0.2, 0) is 10.5 Å². The number of thioether (sulfide) groups is 1. The van der Waals surface area contributed by atoms with Gasteiger partial charge in [-0.3, -0.25) is 0 Å². The minimum absolute atomic E-state index is 0.205. The second-order valence-electron chi connectivity index (χ2n) is 7.36. The minimum atomic E-state index is -0.205. The van der Waals surface area contributed by atoms with Gasteiger partial charge in [-0.2, -0.15) is 0 Å². The number of aromatic nitrogens is 2. The molecule has 29 heavy (non-hydrogen) atoms. The number of hydrogen-bond acceptors (Lipinski definition) is 6. The quantitative estimate of drug-likeness (QED) is 0.793. The zero-order chi connectivity index (χ0) is 20.4. The third kappa shape index (κ3) is 4.18. The zero-order valence-electron chi connectivity index (χ0n) is 17.1. The van der Waals surface area contributed by atoms with Gasteiger partial charge in [0.2, 0.25) is 0 Å². The molecule has 1 aromatic heterocycles. The number of nitrogens with zero attached hydrogens (tertiary/aromatic N) is 3. The molecule has 2 N–H and O–H groups in total.